The minimum atomic E-state index is -0.107. The van der Waals surface area contributed by atoms with Crippen LogP contribution in [-0.2, 0) is 6.54 Å². The predicted octanol–water partition coefficient (Wildman–Crippen LogP) is 4.73. The summed E-state index contributed by atoms with van der Waals surface area (Å²) in [5, 5.41) is 0. The SMILES string of the molecule is CCCCCCCCCCCCCCCC[n+]1c(N)cc[nH]c1=O. The largest absolute Gasteiger partial charge is 0.440 e. The first-order chi connectivity index (χ1) is 11.8. The Labute approximate surface area is 147 Å². The van der Waals surface area contributed by atoms with Gasteiger partial charge in [0.1, 0.15) is 0 Å². The Morgan fingerprint density at radius 2 is 1.29 bits per heavy atom. The molecule has 0 bridgehead atoms. The number of hydrogen-bond acceptors (Lipinski definition) is 2. The lowest BCUT2D eigenvalue weighted by atomic mass is 10.0. The summed E-state index contributed by atoms with van der Waals surface area (Å²) in [5.41, 5.74) is 5.71. The van der Waals surface area contributed by atoms with Crippen molar-refractivity contribution < 1.29 is 4.57 Å². The zero-order valence-electron chi connectivity index (χ0n) is 15.7. The molecule has 0 aliphatic carbocycles. The molecule has 4 nitrogen and oxygen atoms in total. The highest BCUT2D eigenvalue weighted by Gasteiger charge is 2.06. The van der Waals surface area contributed by atoms with E-state index in [-0.39, 0.29) is 5.69 Å². The Balaban J connectivity index is 1.87. The van der Waals surface area contributed by atoms with Crippen LogP contribution in [0.2, 0.25) is 0 Å². The fourth-order valence-corrected chi connectivity index (χ4v) is 3.18. The Bertz CT molecular complexity index is 470. The second-order valence-electron chi connectivity index (χ2n) is 6.96. The lowest BCUT2D eigenvalue weighted by Crippen LogP contribution is -2.52. The van der Waals surface area contributed by atoms with E-state index in [0.717, 1.165) is 13.0 Å². The second kappa shape index (κ2) is 14.1. The molecule has 0 amide bonds. The first kappa shape index (κ1) is 20.7. The molecule has 3 N–H and O–H groups in total. The molecule has 0 aliphatic heterocycles. The van der Waals surface area contributed by atoms with Gasteiger partial charge in [-0.15, -0.1) is 0 Å². The van der Waals surface area contributed by atoms with Gasteiger partial charge in [-0.1, -0.05) is 90.4 Å². The topological polar surface area (TPSA) is 62.8 Å². The van der Waals surface area contributed by atoms with E-state index in [1.807, 2.05) is 0 Å². The minimum Gasteiger partial charge on any atom is -0.318 e. The molecule has 0 aliphatic rings. The average molecular weight is 337 g/mol. The molecule has 0 atom stereocenters. The van der Waals surface area contributed by atoms with E-state index in [1.165, 1.54) is 83.5 Å². The number of unbranched alkanes of at least 4 members (excludes halogenated alkanes) is 13. The maximum Gasteiger partial charge on any atom is 0.440 e. The van der Waals surface area contributed by atoms with Crippen molar-refractivity contribution in [2.24, 2.45) is 0 Å². The van der Waals surface area contributed by atoms with Crippen LogP contribution in [-0.4, -0.2) is 4.98 Å². The molecular weight excluding hydrogens is 298 g/mol. The Morgan fingerprint density at radius 3 is 1.75 bits per heavy atom. The van der Waals surface area contributed by atoms with Crippen LogP contribution < -0.4 is 16.0 Å². The number of aromatic amines is 1. The van der Waals surface area contributed by atoms with E-state index in [2.05, 4.69) is 11.9 Å². The number of anilines is 1. The highest BCUT2D eigenvalue weighted by molar-refractivity contribution is 5.16. The van der Waals surface area contributed by atoms with Crippen LogP contribution >= 0.6 is 0 Å². The number of nitrogens with one attached hydrogen (secondary N) is 1. The van der Waals surface area contributed by atoms with Gasteiger partial charge in [0.05, 0.1) is 12.7 Å². The molecule has 0 aromatic carbocycles. The molecular formula is C20H38N3O+. The van der Waals surface area contributed by atoms with Crippen molar-refractivity contribution in [3.63, 3.8) is 0 Å². The molecule has 0 radical (unpaired) electrons. The number of rotatable bonds is 15. The van der Waals surface area contributed by atoms with Gasteiger partial charge in [0.2, 0.25) is 5.82 Å². The first-order valence-electron chi connectivity index (χ1n) is 10.1. The van der Waals surface area contributed by atoms with Crippen LogP contribution in [0.25, 0.3) is 0 Å². The molecule has 1 aromatic rings. The molecule has 24 heavy (non-hydrogen) atoms. The van der Waals surface area contributed by atoms with E-state index < -0.39 is 0 Å². The third-order valence-electron chi connectivity index (χ3n) is 4.75. The smallest absolute Gasteiger partial charge is 0.318 e. The van der Waals surface area contributed by atoms with E-state index in [4.69, 9.17) is 5.73 Å². The van der Waals surface area contributed by atoms with Crippen molar-refractivity contribution >= 4 is 5.82 Å². The summed E-state index contributed by atoms with van der Waals surface area (Å²) >= 11 is 0. The predicted molar refractivity (Wildman–Crippen MR) is 102 cm³/mol. The lowest BCUT2D eigenvalue weighted by Gasteiger charge is -2.04. The summed E-state index contributed by atoms with van der Waals surface area (Å²) in [5.74, 6) is 0.549. The van der Waals surface area contributed by atoms with E-state index in [0.29, 0.717) is 5.82 Å². The minimum absolute atomic E-state index is 0.107. The van der Waals surface area contributed by atoms with Gasteiger partial charge in [-0.25, -0.2) is 9.78 Å². The van der Waals surface area contributed by atoms with Crippen molar-refractivity contribution in [1.82, 2.24) is 4.98 Å². The molecule has 1 aromatic heterocycles. The summed E-state index contributed by atoms with van der Waals surface area (Å²) in [4.78, 5) is 14.3. The van der Waals surface area contributed by atoms with Gasteiger partial charge in [-0.2, -0.15) is 4.57 Å². The van der Waals surface area contributed by atoms with Gasteiger partial charge in [-0.3, -0.25) is 0 Å². The van der Waals surface area contributed by atoms with Crippen LogP contribution in [0.1, 0.15) is 96.8 Å². The molecule has 0 saturated heterocycles. The van der Waals surface area contributed by atoms with Crippen LogP contribution in [0.5, 0.6) is 0 Å². The zero-order valence-corrected chi connectivity index (χ0v) is 15.7. The summed E-state index contributed by atoms with van der Waals surface area (Å²) in [7, 11) is 0. The highest BCUT2D eigenvalue weighted by Crippen LogP contribution is 2.12. The van der Waals surface area contributed by atoms with E-state index in [1.54, 1.807) is 16.8 Å². The zero-order chi connectivity index (χ0) is 17.5. The number of hydrogen-bond donors (Lipinski definition) is 2. The Hall–Kier alpha value is -1.32. The Morgan fingerprint density at radius 1 is 0.833 bits per heavy atom. The van der Waals surface area contributed by atoms with Gasteiger partial charge in [0.15, 0.2) is 0 Å². The molecule has 1 heterocycles. The number of nitrogen functional groups attached to an aromatic ring is 1. The van der Waals surface area contributed by atoms with Crippen LogP contribution in [0.3, 0.4) is 0 Å². The fraction of sp³-hybridized carbons (Fsp3) is 0.800. The van der Waals surface area contributed by atoms with Gasteiger partial charge >= 0.3 is 5.69 Å². The lowest BCUT2D eigenvalue weighted by molar-refractivity contribution is -0.700. The van der Waals surface area contributed by atoms with Crippen molar-refractivity contribution in [3.05, 3.63) is 22.7 Å². The average Bonchev–Trinajstić information content (AvgIpc) is 2.57. The molecule has 0 spiro atoms. The third-order valence-corrected chi connectivity index (χ3v) is 4.75. The van der Waals surface area contributed by atoms with Gasteiger partial charge in [-0.05, 0) is 6.42 Å². The number of aromatic nitrogens is 2. The van der Waals surface area contributed by atoms with Crippen LogP contribution in [0.15, 0.2) is 17.1 Å². The van der Waals surface area contributed by atoms with Crippen LogP contribution in [0, 0.1) is 0 Å². The maximum atomic E-state index is 11.6. The third kappa shape index (κ3) is 9.74. The first-order valence-corrected chi connectivity index (χ1v) is 10.1. The van der Waals surface area contributed by atoms with Crippen molar-refractivity contribution in [2.75, 3.05) is 5.73 Å². The molecule has 0 saturated carbocycles. The van der Waals surface area contributed by atoms with Crippen molar-refractivity contribution in [1.29, 1.82) is 0 Å². The van der Waals surface area contributed by atoms with E-state index in [9.17, 15) is 4.79 Å². The standard InChI is InChI=1S/C20H37N3O/c1-2-3-4-5-6-7-8-9-10-11-12-13-14-15-18-23-19(21)16-17-22-20(23)24/h16-17H,2-15,18H2,1H3,(H2,21,22,24)/p+1. The Kier molecular flexibility index (Phi) is 12.1. The summed E-state index contributed by atoms with van der Waals surface area (Å²) < 4.78 is 1.63. The van der Waals surface area contributed by atoms with Gasteiger partial charge < -0.3 is 5.73 Å². The summed E-state index contributed by atoms with van der Waals surface area (Å²) in [6.45, 7) is 3.00. The monoisotopic (exact) mass is 336 g/mol. The quantitative estimate of drug-likeness (QED) is 0.359. The normalized spacial score (nSPS) is 11.0. The summed E-state index contributed by atoms with van der Waals surface area (Å²) in [6, 6.07) is 1.74. The fourth-order valence-electron chi connectivity index (χ4n) is 3.18. The summed E-state index contributed by atoms with van der Waals surface area (Å²) in [6.07, 6.45) is 20.4. The number of nitrogens with zero attached hydrogens (tertiary/aromatic N) is 1. The van der Waals surface area contributed by atoms with Gasteiger partial charge in [0.25, 0.3) is 0 Å². The molecule has 0 unspecified atom stereocenters. The van der Waals surface area contributed by atoms with Gasteiger partial charge in [0, 0.05) is 6.07 Å². The molecule has 1 rings (SSSR count). The van der Waals surface area contributed by atoms with Crippen molar-refractivity contribution in [2.45, 2.75) is 103 Å². The number of H-pyrrole nitrogens is 1. The molecule has 4 heteroatoms. The van der Waals surface area contributed by atoms with E-state index >= 15 is 0 Å². The molecule has 0 fully saturated rings. The second-order valence-corrected chi connectivity index (χ2v) is 6.96. The molecule has 138 valence electrons. The maximum absolute atomic E-state index is 11.6. The highest BCUT2D eigenvalue weighted by atomic mass is 16.1. The van der Waals surface area contributed by atoms with Crippen LogP contribution in [0.4, 0.5) is 5.82 Å². The van der Waals surface area contributed by atoms with Crippen molar-refractivity contribution in [3.8, 4) is 0 Å². The number of nitrogens with two attached hydrogens (primary N) is 1.